The van der Waals surface area contributed by atoms with Crippen molar-refractivity contribution in [3.05, 3.63) is 133 Å². The lowest BCUT2D eigenvalue weighted by Crippen LogP contribution is -1.92. The van der Waals surface area contributed by atoms with E-state index in [1.54, 1.807) is 0 Å². The molecule has 0 unspecified atom stereocenters. The van der Waals surface area contributed by atoms with Crippen molar-refractivity contribution in [1.29, 1.82) is 0 Å². The summed E-state index contributed by atoms with van der Waals surface area (Å²) in [5, 5.41) is 10.3. The van der Waals surface area contributed by atoms with Crippen molar-refractivity contribution in [2.24, 2.45) is 0 Å². The molecule has 0 radical (unpaired) electrons. The Balaban J connectivity index is 1.79. The van der Waals surface area contributed by atoms with Crippen LogP contribution in [0.2, 0.25) is 0 Å². The SMILES string of the molecule is c1ccc(-c2c3cc4ccccc4cc3c(-c3ccccc3)c3cc4ccccc4cc23)cc1. The highest BCUT2D eigenvalue weighted by Gasteiger charge is 2.18. The van der Waals surface area contributed by atoms with Gasteiger partial charge in [-0.3, -0.25) is 0 Å². The average Bonchev–Trinajstić information content (AvgIpc) is 2.90. The van der Waals surface area contributed by atoms with Crippen LogP contribution in [0, 0.1) is 0 Å². The molecule has 0 fully saturated rings. The number of benzene rings is 7. The maximum absolute atomic E-state index is 2.38. The summed E-state index contributed by atoms with van der Waals surface area (Å²) < 4.78 is 0. The van der Waals surface area contributed by atoms with Gasteiger partial charge in [0.1, 0.15) is 0 Å². The molecule has 7 rings (SSSR count). The van der Waals surface area contributed by atoms with Gasteiger partial charge in [-0.25, -0.2) is 0 Å². The van der Waals surface area contributed by atoms with Gasteiger partial charge >= 0.3 is 0 Å². The summed E-state index contributed by atoms with van der Waals surface area (Å²) in [4.78, 5) is 0. The molecule has 0 atom stereocenters. The third-order valence-corrected chi connectivity index (χ3v) is 6.97. The van der Waals surface area contributed by atoms with Crippen molar-refractivity contribution in [2.75, 3.05) is 0 Å². The van der Waals surface area contributed by atoms with Gasteiger partial charge in [0.05, 0.1) is 0 Å². The second-order valence-corrected chi connectivity index (χ2v) is 8.97. The molecule has 0 heteroatoms. The first kappa shape index (κ1) is 19.1. The van der Waals surface area contributed by atoms with Crippen molar-refractivity contribution in [2.45, 2.75) is 0 Å². The second kappa shape index (κ2) is 7.57. The van der Waals surface area contributed by atoms with Crippen LogP contribution >= 0.6 is 0 Å². The molecule has 0 amide bonds. The Hall–Kier alpha value is -4.42. The molecule has 34 heavy (non-hydrogen) atoms. The molecule has 0 N–H and O–H groups in total. The number of fused-ring (bicyclic) bond motifs is 4. The fourth-order valence-electron chi connectivity index (χ4n) is 5.43. The molecule has 0 heterocycles. The van der Waals surface area contributed by atoms with Gasteiger partial charge in [0.2, 0.25) is 0 Å². The first-order valence-corrected chi connectivity index (χ1v) is 11.8. The summed E-state index contributed by atoms with van der Waals surface area (Å²) in [6.45, 7) is 0. The van der Waals surface area contributed by atoms with Crippen LogP contribution in [0.25, 0.3) is 65.3 Å². The van der Waals surface area contributed by atoms with Gasteiger partial charge < -0.3 is 0 Å². The van der Waals surface area contributed by atoms with Crippen molar-refractivity contribution in [3.63, 3.8) is 0 Å². The summed E-state index contributed by atoms with van der Waals surface area (Å²) in [6.07, 6.45) is 0. The lowest BCUT2D eigenvalue weighted by Gasteiger charge is -2.19. The zero-order valence-corrected chi connectivity index (χ0v) is 18.7. The Morgan fingerprint density at radius 1 is 0.265 bits per heavy atom. The molecule has 0 nitrogen and oxygen atoms in total. The quantitative estimate of drug-likeness (QED) is 0.239. The lowest BCUT2D eigenvalue weighted by molar-refractivity contribution is 1.66. The van der Waals surface area contributed by atoms with Crippen LogP contribution in [0.1, 0.15) is 0 Å². The average molecular weight is 431 g/mol. The van der Waals surface area contributed by atoms with Gasteiger partial charge in [-0.2, -0.15) is 0 Å². The lowest BCUT2D eigenvalue weighted by atomic mass is 9.84. The maximum atomic E-state index is 2.38. The highest BCUT2D eigenvalue weighted by Crippen LogP contribution is 2.45. The van der Waals surface area contributed by atoms with E-state index in [-0.39, 0.29) is 0 Å². The Labute approximate surface area is 198 Å². The monoisotopic (exact) mass is 430 g/mol. The Kier molecular flexibility index (Phi) is 4.25. The summed E-state index contributed by atoms with van der Waals surface area (Å²) in [5.41, 5.74) is 5.12. The Morgan fingerprint density at radius 3 is 0.824 bits per heavy atom. The van der Waals surface area contributed by atoms with Crippen LogP contribution in [0.15, 0.2) is 133 Å². The molecule has 0 aromatic heterocycles. The smallest absolute Gasteiger partial charge is 0.00259 e. The van der Waals surface area contributed by atoms with Crippen LogP contribution < -0.4 is 0 Å². The van der Waals surface area contributed by atoms with Crippen LogP contribution in [0.4, 0.5) is 0 Å². The van der Waals surface area contributed by atoms with E-state index < -0.39 is 0 Å². The van der Waals surface area contributed by atoms with E-state index in [2.05, 4.69) is 133 Å². The maximum Gasteiger partial charge on any atom is -0.00259 e. The first-order chi connectivity index (χ1) is 16.9. The highest BCUT2D eigenvalue weighted by atomic mass is 14.2. The van der Waals surface area contributed by atoms with Crippen molar-refractivity contribution in [3.8, 4) is 22.3 Å². The molecule has 7 aromatic rings. The van der Waals surface area contributed by atoms with E-state index in [1.165, 1.54) is 65.3 Å². The molecule has 0 spiro atoms. The van der Waals surface area contributed by atoms with Gasteiger partial charge in [-0.05, 0) is 89.6 Å². The van der Waals surface area contributed by atoms with Crippen molar-refractivity contribution in [1.82, 2.24) is 0 Å². The van der Waals surface area contributed by atoms with Crippen LogP contribution in [0.5, 0.6) is 0 Å². The normalized spacial score (nSPS) is 11.5. The standard InChI is InChI=1S/C34H22/c1-3-11-23(12-4-1)33-29-19-25-15-7-9-17-27(25)21-31(29)34(24-13-5-2-6-14-24)32-22-28-18-10-8-16-26(28)20-30(32)33/h1-22H. The topological polar surface area (TPSA) is 0 Å². The molecular weight excluding hydrogens is 408 g/mol. The summed E-state index contributed by atoms with van der Waals surface area (Å²) in [7, 11) is 0. The minimum atomic E-state index is 1.25. The predicted molar refractivity (Wildman–Crippen MR) is 147 cm³/mol. The zero-order valence-electron chi connectivity index (χ0n) is 18.7. The summed E-state index contributed by atoms with van der Waals surface area (Å²) in [5.74, 6) is 0. The van der Waals surface area contributed by atoms with E-state index in [0.29, 0.717) is 0 Å². The van der Waals surface area contributed by atoms with E-state index >= 15 is 0 Å². The molecule has 0 saturated carbocycles. The van der Waals surface area contributed by atoms with Gasteiger partial charge in [0.25, 0.3) is 0 Å². The van der Waals surface area contributed by atoms with E-state index in [4.69, 9.17) is 0 Å². The fraction of sp³-hybridized carbons (Fsp3) is 0. The minimum absolute atomic E-state index is 1.25. The molecule has 0 aliphatic rings. The highest BCUT2D eigenvalue weighted by molar-refractivity contribution is 6.25. The molecule has 0 saturated heterocycles. The molecule has 158 valence electrons. The third kappa shape index (κ3) is 2.93. The largest absolute Gasteiger partial charge is 0.0622 e. The van der Waals surface area contributed by atoms with Crippen molar-refractivity contribution < 1.29 is 0 Å². The Morgan fingerprint density at radius 2 is 0.529 bits per heavy atom. The summed E-state index contributed by atoms with van der Waals surface area (Å²) in [6, 6.07) is 48.6. The molecule has 0 bridgehead atoms. The number of hydrogen-bond acceptors (Lipinski definition) is 0. The van der Waals surface area contributed by atoms with Crippen LogP contribution in [0.3, 0.4) is 0 Å². The zero-order chi connectivity index (χ0) is 22.5. The van der Waals surface area contributed by atoms with E-state index in [9.17, 15) is 0 Å². The van der Waals surface area contributed by atoms with Crippen LogP contribution in [-0.4, -0.2) is 0 Å². The molecular formula is C34H22. The van der Waals surface area contributed by atoms with Gasteiger partial charge in [-0.15, -0.1) is 0 Å². The minimum Gasteiger partial charge on any atom is -0.0622 e. The molecule has 7 aromatic carbocycles. The Bertz CT molecular complexity index is 1590. The molecule has 0 aliphatic heterocycles. The first-order valence-electron chi connectivity index (χ1n) is 11.8. The summed E-state index contributed by atoms with van der Waals surface area (Å²) >= 11 is 0. The van der Waals surface area contributed by atoms with Gasteiger partial charge in [0.15, 0.2) is 0 Å². The van der Waals surface area contributed by atoms with Gasteiger partial charge in [-0.1, -0.05) is 109 Å². The number of hydrogen-bond donors (Lipinski definition) is 0. The van der Waals surface area contributed by atoms with Gasteiger partial charge in [0, 0.05) is 0 Å². The third-order valence-electron chi connectivity index (χ3n) is 6.97. The molecule has 0 aliphatic carbocycles. The predicted octanol–water partition coefficient (Wildman–Crippen LogP) is 9.63. The van der Waals surface area contributed by atoms with E-state index in [1.807, 2.05) is 0 Å². The number of rotatable bonds is 2. The van der Waals surface area contributed by atoms with Crippen LogP contribution in [-0.2, 0) is 0 Å². The second-order valence-electron chi connectivity index (χ2n) is 8.97. The fourth-order valence-corrected chi connectivity index (χ4v) is 5.43. The van der Waals surface area contributed by atoms with E-state index in [0.717, 1.165) is 0 Å². The van der Waals surface area contributed by atoms with Crippen molar-refractivity contribution >= 4 is 43.1 Å².